The number of rotatable bonds is 43. The number of carbonyl (C=O) groups is 2. The molecule has 0 bridgehead atoms. The molecule has 0 heterocycles. The van der Waals surface area contributed by atoms with Crippen LogP contribution in [0, 0.1) is 0 Å². The van der Waals surface area contributed by atoms with Crippen LogP contribution in [0.2, 0.25) is 0 Å². The van der Waals surface area contributed by atoms with Gasteiger partial charge in [-0.1, -0.05) is 184 Å². The number of allylic oxidation sites excluding steroid dienone is 9. The molecule has 0 aromatic carbocycles. The predicted octanol–water partition coefficient (Wildman–Crippen LogP) is 14.1. The van der Waals surface area contributed by atoms with Gasteiger partial charge in [0.1, 0.15) is 0 Å². The number of aliphatic hydroxyl groups excluding tert-OH is 2. The van der Waals surface area contributed by atoms with E-state index in [4.69, 9.17) is 4.74 Å². The SMILES string of the molecule is CCC/C=C\C/C=C\CCCCCCCC(=O)OCCCCC/C=C\C=C/CCCCCCCCC(=O)NC(CO)C(O)/C=C/CCCCCCCCCCCC. The van der Waals surface area contributed by atoms with Crippen molar-refractivity contribution in [2.24, 2.45) is 0 Å². The summed E-state index contributed by atoms with van der Waals surface area (Å²) < 4.78 is 5.42. The van der Waals surface area contributed by atoms with E-state index in [1.807, 2.05) is 6.08 Å². The van der Waals surface area contributed by atoms with Crippen molar-refractivity contribution >= 4 is 11.9 Å². The largest absolute Gasteiger partial charge is 0.466 e. The summed E-state index contributed by atoms with van der Waals surface area (Å²) in [6.07, 6.45) is 57.8. The molecule has 0 spiro atoms. The van der Waals surface area contributed by atoms with E-state index >= 15 is 0 Å². The van der Waals surface area contributed by atoms with Crippen LogP contribution >= 0.6 is 0 Å². The molecule has 6 heteroatoms. The van der Waals surface area contributed by atoms with Crippen LogP contribution < -0.4 is 5.32 Å². The van der Waals surface area contributed by atoms with E-state index in [1.54, 1.807) is 6.08 Å². The highest BCUT2D eigenvalue weighted by atomic mass is 16.5. The number of hydrogen-bond donors (Lipinski definition) is 3. The summed E-state index contributed by atoms with van der Waals surface area (Å²) in [7, 11) is 0. The third-order valence-electron chi connectivity index (χ3n) is 10.5. The van der Waals surface area contributed by atoms with Gasteiger partial charge in [0.25, 0.3) is 0 Å². The predicted molar refractivity (Wildman–Crippen MR) is 245 cm³/mol. The average Bonchev–Trinajstić information content (AvgIpc) is 3.21. The lowest BCUT2D eigenvalue weighted by atomic mass is 10.1. The number of unbranched alkanes of at least 4 members (excludes halogenated alkanes) is 25. The van der Waals surface area contributed by atoms with Gasteiger partial charge in [0.2, 0.25) is 5.91 Å². The first-order valence-electron chi connectivity index (χ1n) is 24.1. The van der Waals surface area contributed by atoms with Crippen molar-refractivity contribution in [3.8, 4) is 0 Å². The summed E-state index contributed by atoms with van der Waals surface area (Å²) in [5.41, 5.74) is 0. The van der Waals surface area contributed by atoms with E-state index in [1.165, 1.54) is 109 Å². The number of hydrogen-bond acceptors (Lipinski definition) is 5. The summed E-state index contributed by atoms with van der Waals surface area (Å²) in [5.74, 6) is -0.134. The Kier molecular flexibility index (Phi) is 44.3. The molecule has 57 heavy (non-hydrogen) atoms. The Morgan fingerprint density at radius 2 is 0.965 bits per heavy atom. The molecule has 0 rings (SSSR count). The van der Waals surface area contributed by atoms with E-state index in [9.17, 15) is 19.8 Å². The number of amides is 1. The molecule has 0 saturated heterocycles. The highest BCUT2D eigenvalue weighted by molar-refractivity contribution is 5.76. The summed E-state index contributed by atoms with van der Waals surface area (Å²) in [5, 5.41) is 22.9. The van der Waals surface area contributed by atoms with Crippen LogP contribution in [-0.2, 0) is 14.3 Å². The van der Waals surface area contributed by atoms with E-state index in [0.29, 0.717) is 19.4 Å². The Morgan fingerprint density at radius 3 is 1.51 bits per heavy atom. The highest BCUT2D eigenvalue weighted by Gasteiger charge is 2.18. The summed E-state index contributed by atoms with van der Waals surface area (Å²) >= 11 is 0. The van der Waals surface area contributed by atoms with E-state index in [0.717, 1.165) is 89.9 Å². The van der Waals surface area contributed by atoms with Crippen LogP contribution in [-0.4, -0.2) is 47.4 Å². The lowest BCUT2D eigenvalue weighted by Crippen LogP contribution is -2.45. The normalized spacial score (nSPS) is 13.3. The van der Waals surface area contributed by atoms with Crippen molar-refractivity contribution in [2.45, 2.75) is 238 Å². The maximum Gasteiger partial charge on any atom is 0.305 e. The van der Waals surface area contributed by atoms with Gasteiger partial charge < -0.3 is 20.3 Å². The van der Waals surface area contributed by atoms with Gasteiger partial charge >= 0.3 is 5.97 Å². The topological polar surface area (TPSA) is 95.9 Å². The van der Waals surface area contributed by atoms with Crippen molar-refractivity contribution in [2.75, 3.05) is 13.2 Å². The molecule has 0 fully saturated rings. The van der Waals surface area contributed by atoms with Crippen molar-refractivity contribution in [1.82, 2.24) is 5.32 Å². The molecule has 330 valence electrons. The smallest absolute Gasteiger partial charge is 0.305 e. The molecule has 0 aromatic heterocycles. The standard InChI is InChI=1S/C51H91NO5/c1-3-5-7-9-11-13-15-20-25-29-33-37-41-45-51(56)57-46-42-38-34-30-26-22-19-17-18-21-24-28-32-36-40-44-50(55)52-48(47-53)49(54)43-39-35-31-27-23-16-14-12-10-8-6-4-2/h7,9,13,15,17,19,22,26,39,43,48-49,53-54H,3-6,8,10-12,14,16,18,20-21,23-25,27-38,40-42,44-47H2,1-2H3,(H,52,55)/b9-7-,15-13-,19-17-,26-22-,43-39+. The molecule has 0 aliphatic rings. The van der Waals surface area contributed by atoms with Gasteiger partial charge in [-0.25, -0.2) is 0 Å². The summed E-state index contributed by atoms with van der Waals surface area (Å²) in [4.78, 5) is 24.4. The summed E-state index contributed by atoms with van der Waals surface area (Å²) in [6.45, 7) is 4.74. The van der Waals surface area contributed by atoms with Crippen LogP contribution in [0.1, 0.15) is 226 Å². The molecule has 0 aromatic rings. The Balaban J connectivity index is 3.59. The fourth-order valence-corrected chi connectivity index (χ4v) is 6.78. The molecular weight excluding hydrogens is 707 g/mol. The highest BCUT2D eigenvalue weighted by Crippen LogP contribution is 2.13. The van der Waals surface area contributed by atoms with Crippen molar-refractivity contribution in [3.05, 3.63) is 60.8 Å². The molecule has 6 nitrogen and oxygen atoms in total. The minimum Gasteiger partial charge on any atom is -0.466 e. The quantitative estimate of drug-likeness (QED) is 0.0247. The van der Waals surface area contributed by atoms with Crippen LogP contribution in [0.5, 0.6) is 0 Å². The molecule has 0 aliphatic carbocycles. The second-order valence-electron chi connectivity index (χ2n) is 16.1. The number of carbonyl (C=O) groups excluding carboxylic acids is 2. The Bertz CT molecular complexity index is 1020. The van der Waals surface area contributed by atoms with Gasteiger partial charge in [-0.3, -0.25) is 9.59 Å². The van der Waals surface area contributed by atoms with E-state index < -0.39 is 12.1 Å². The second kappa shape index (κ2) is 46.3. The monoisotopic (exact) mass is 798 g/mol. The third-order valence-corrected chi connectivity index (χ3v) is 10.5. The van der Waals surface area contributed by atoms with Gasteiger partial charge in [-0.15, -0.1) is 0 Å². The van der Waals surface area contributed by atoms with Crippen LogP contribution in [0.25, 0.3) is 0 Å². The fourth-order valence-electron chi connectivity index (χ4n) is 6.78. The molecule has 3 N–H and O–H groups in total. The Morgan fingerprint density at radius 1 is 0.509 bits per heavy atom. The first kappa shape index (κ1) is 54.6. The number of esters is 1. The van der Waals surface area contributed by atoms with Gasteiger partial charge in [-0.05, 0) is 89.9 Å². The maximum atomic E-state index is 12.4. The van der Waals surface area contributed by atoms with Crippen molar-refractivity contribution in [1.29, 1.82) is 0 Å². The van der Waals surface area contributed by atoms with Crippen molar-refractivity contribution in [3.63, 3.8) is 0 Å². The molecule has 2 unspecified atom stereocenters. The number of nitrogens with one attached hydrogen (secondary N) is 1. The molecule has 0 saturated carbocycles. The zero-order chi connectivity index (χ0) is 41.5. The van der Waals surface area contributed by atoms with E-state index in [2.05, 4.69) is 67.8 Å². The third kappa shape index (κ3) is 43.0. The number of ether oxygens (including phenoxy) is 1. The molecule has 1 amide bonds. The fraction of sp³-hybridized carbons (Fsp3) is 0.765. The maximum absolute atomic E-state index is 12.4. The Labute approximate surface area is 352 Å². The Hall–Kier alpha value is -2.44. The van der Waals surface area contributed by atoms with Gasteiger partial charge in [0.15, 0.2) is 0 Å². The average molecular weight is 798 g/mol. The first-order chi connectivity index (χ1) is 28.0. The molecule has 0 aliphatic heterocycles. The lowest BCUT2D eigenvalue weighted by Gasteiger charge is -2.20. The zero-order valence-corrected chi connectivity index (χ0v) is 37.3. The van der Waals surface area contributed by atoms with Crippen LogP contribution in [0.15, 0.2) is 60.8 Å². The number of aliphatic hydroxyl groups is 2. The zero-order valence-electron chi connectivity index (χ0n) is 37.3. The van der Waals surface area contributed by atoms with Crippen molar-refractivity contribution < 1.29 is 24.5 Å². The minimum atomic E-state index is -0.859. The second-order valence-corrected chi connectivity index (χ2v) is 16.1. The van der Waals surface area contributed by atoms with Crippen LogP contribution in [0.4, 0.5) is 0 Å². The lowest BCUT2D eigenvalue weighted by molar-refractivity contribution is -0.143. The van der Waals surface area contributed by atoms with Crippen LogP contribution in [0.3, 0.4) is 0 Å². The summed E-state index contributed by atoms with van der Waals surface area (Å²) in [6, 6.07) is -0.645. The van der Waals surface area contributed by atoms with Gasteiger partial charge in [0, 0.05) is 12.8 Å². The molecular formula is C51H91NO5. The molecule has 0 radical (unpaired) electrons. The minimum absolute atomic E-state index is 0.0398. The van der Waals surface area contributed by atoms with Gasteiger partial charge in [0.05, 0.1) is 25.4 Å². The van der Waals surface area contributed by atoms with E-state index in [-0.39, 0.29) is 18.5 Å². The first-order valence-corrected chi connectivity index (χ1v) is 24.1. The van der Waals surface area contributed by atoms with Gasteiger partial charge in [-0.2, -0.15) is 0 Å². The molecule has 2 atom stereocenters.